The Morgan fingerprint density at radius 1 is 1.15 bits per heavy atom. The lowest BCUT2D eigenvalue weighted by molar-refractivity contribution is 0.0459. The fourth-order valence-corrected chi connectivity index (χ4v) is 4.84. The van der Waals surface area contributed by atoms with Crippen molar-refractivity contribution in [2.45, 2.75) is 90.1 Å². The third kappa shape index (κ3) is 3.39. The van der Waals surface area contributed by atoms with Gasteiger partial charge in [-0.05, 0) is 50.5 Å². The molecule has 0 amide bonds. The highest BCUT2D eigenvalue weighted by Gasteiger charge is 2.43. The molecule has 2 N–H and O–H groups in total. The van der Waals surface area contributed by atoms with E-state index in [1.54, 1.807) is 0 Å². The van der Waals surface area contributed by atoms with Gasteiger partial charge in [0.2, 0.25) is 0 Å². The second-order valence-corrected chi connectivity index (χ2v) is 7.66. The van der Waals surface area contributed by atoms with Crippen molar-refractivity contribution in [2.24, 2.45) is 17.6 Å². The summed E-state index contributed by atoms with van der Waals surface area (Å²) in [6, 6.07) is 0.779. The molecule has 2 heteroatoms. The van der Waals surface area contributed by atoms with E-state index < -0.39 is 0 Å². The second kappa shape index (κ2) is 7.26. The van der Waals surface area contributed by atoms with E-state index in [1.807, 2.05) is 0 Å². The molecule has 2 aliphatic rings. The minimum absolute atomic E-state index is 0.327. The number of rotatable bonds is 5. The Morgan fingerprint density at radius 3 is 2.60 bits per heavy atom. The van der Waals surface area contributed by atoms with Crippen LogP contribution in [0.5, 0.6) is 0 Å². The highest BCUT2D eigenvalue weighted by atomic mass is 15.3. The normalized spacial score (nSPS) is 36.5. The van der Waals surface area contributed by atoms with Gasteiger partial charge in [-0.3, -0.25) is 4.90 Å². The van der Waals surface area contributed by atoms with E-state index in [2.05, 4.69) is 25.7 Å². The lowest BCUT2D eigenvalue weighted by Gasteiger charge is -2.45. The molecule has 0 aromatic carbocycles. The molecule has 0 spiro atoms. The average molecular weight is 281 g/mol. The van der Waals surface area contributed by atoms with Gasteiger partial charge in [0.1, 0.15) is 0 Å². The maximum atomic E-state index is 6.33. The summed E-state index contributed by atoms with van der Waals surface area (Å²) in [5.74, 6) is 1.74. The van der Waals surface area contributed by atoms with E-state index in [9.17, 15) is 0 Å². The molecule has 0 aromatic heterocycles. The molecule has 2 rings (SSSR count). The molecular weight excluding hydrogens is 244 g/mol. The van der Waals surface area contributed by atoms with Crippen LogP contribution in [0.25, 0.3) is 0 Å². The van der Waals surface area contributed by atoms with Crippen molar-refractivity contribution in [2.75, 3.05) is 13.1 Å². The molecule has 2 nitrogen and oxygen atoms in total. The highest BCUT2D eigenvalue weighted by molar-refractivity contribution is 4.99. The molecule has 1 saturated carbocycles. The van der Waals surface area contributed by atoms with E-state index in [4.69, 9.17) is 5.73 Å². The Balaban J connectivity index is 2.08. The van der Waals surface area contributed by atoms with Gasteiger partial charge in [0.05, 0.1) is 0 Å². The van der Waals surface area contributed by atoms with E-state index in [0.717, 1.165) is 24.4 Å². The Kier molecular flexibility index (Phi) is 5.92. The molecule has 118 valence electrons. The molecule has 1 heterocycles. The van der Waals surface area contributed by atoms with Crippen LogP contribution >= 0.6 is 0 Å². The monoisotopic (exact) mass is 280 g/mol. The van der Waals surface area contributed by atoms with Gasteiger partial charge in [-0.15, -0.1) is 0 Å². The fourth-order valence-electron chi connectivity index (χ4n) is 4.84. The third-order valence-corrected chi connectivity index (χ3v) is 6.03. The lowest BCUT2D eigenvalue weighted by atomic mass is 9.85. The summed E-state index contributed by atoms with van der Waals surface area (Å²) in [6.45, 7) is 9.28. The maximum Gasteiger partial charge on any atom is 0.0334 e. The third-order valence-electron chi connectivity index (χ3n) is 6.03. The zero-order chi connectivity index (χ0) is 14.6. The Morgan fingerprint density at radius 2 is 1.95 bits per heavy atom. The van der Waals surface area contributed by atoms with Crippen molar-refractivity contribution in [1.29, 1.82) is 0 Å². The molecular formula is C18H36N2. The van der Waals surface area contributed by atoms with Crippen molar-refractivity contribution in [1.82, 2.24) is 4.90 Å². The lowest BCUT2D eigenvalue weighted by Crippen LogP contribution is -2.56. The van der Waals surface area contributed by atoms with Crippen LogP contribution in [-0.4, -0.2) is 29.6 Å². The standard InChI is InChI=1S/C18H36N2/c1-4-7-16-8-5-11-18(14-19,12-10-16)20-13-6-9-17(20)15(2)3/h15-17H,4-14,19H2,1-3H3. The zero-order valence-electron chi connectivity index (χ0n) is 14.0. The van der Waals surface area contributed by atoms with E-state index in [-0.39, 0.29) is 0 Å². The quantitative estimate of drug-likeness (QED) is 0.765. The average Bonchev–Trinajstić information content (AvgIpc) is 2.84. The maximum absolute atomic E-state index is 6.33. The Hall–Kier alpha value is -0.0800. The van der Waals surface area contributed by atoms with Gasteiger partial charge in [-0.25, -0.2) is 0 Å². The number of likely N-dealkylation sites (tertiary alicyclic amines) is 1. The summed E-state index contributed by atoms with van der Waals surface area (Å²) in [5, 5.41) is 0. The van der Waals surface area contributed by atoms with Crippen LogP contribution in [-0.2, 0) is 0 Å². The Labute approximate surface area is 126 Å². The molecule has 20 heavy (non-hydrogen) atoms. The van der Waals surface area contributed by atoms with Crippen molar-refractivity contribution in [3.63, 3.8) is 0 Å². The van der Waals surface area contributed by atoms with Crippen molar-refractivity contribution < 1.29 is 0 Å². The number of nitrogens with zero attached hydrogens (tertiary/aromatic N) is 1. The summed E-state index contributed by atoms with van der Waals surface area (Å²) in [5.41, 5.74) is 6.65. The summed E-state index contributed by atoms with van der Waals surface area (Å²) >= 11 is 0. The molecule has 0 bridgehead atoms. The van der Waals surface area contributed by atoms with Crippen molar-refractivity contribution in [3.05, 3.63) is 0 Å². The van der Waals surface area contributed by atoms with Gasteiger partial charge in [0.25, 0.3) is 0 Å². The van der Waals surface area contributed by atoms with Crippen LogP contribution in [0.15, 0.2) is 0 Å². The Bertz CT molecular complexity index is 289. The summed E-state index contributed by atoms with van der Waals surface area (Å²) in [7, 11) is 0. The molecule has 1 aliphatic heterocycles. The first kappa shape index (κ1) is 16.3. The van der Waals surface area contributed by atoms with E-state index >= 15 is 0 Å². The fraction of sp³-hybridized carbons (Fsp3) is 1.00. The number of nitrogens with two attached hydrogens (primary N) is 1. The van der Waals surface area contributed by atoms with Crippen LogP contribution in [0.1, 0.15) is 78.6 Å². The molecule has 3 unspecified atom stereocenters. The summed E-state index contributed by atoms with van der Waals surface area (Å²) in [4.78, 5) is 2.84. The first-order chi connectivity index (χ1) is 9.63. The van der Waals surface area contributed by atoms with E-state index in [1.165, 1.54) is 64.3 Å². The molecule has 2 fully saturated rings. The summed E-state index contributed by atoms with van der Waals surface area (Å²) < 4.78 is 0. The van der Waals surface area contributed by atoms with Crippen LogP contribution in [0.3, 0.4) is 0 Å². The number of hydrogen-bond acceptors (Lipinski definition) is 2. The minimum atomic E-state index is 0.327. The SMILES string of the molecule is CCCC1CCCC(CN)(N2CCCC2C(C)C)CC1. The summed E-state index contributed by atoms with van der Waals surface area (Å²) in [6.07, 6.45) is 12.5. The zero-order valence-corrected chi connectivity index (χ0v) is 14.0. The first-order valence-corrected chi connectivity index (χ1v) is 9.10. The van der Waals surface area contributed by atoms with Gasteiger partial charge in [-0.2, -0.15) is 0 Å². The largest absolute Gasteiger partial charge is 0.329 e. The van der Waals surface area contributed by atoms with Gasteiger partial charge in [0.15, 0.2) is 0 Å². The highest BCUT2D eigenvalue weighted by Crippen LogP contribution is 2.40. The molecule has 0 radical (unpaired) electrons. The van der Waals surface area contributed by atoms with Crippen LogP contribution in [0.2, 0.25) is 0 Å². The predicted molar refractivity (Wildman–Crippen MR) is 87.8 cm³/mol. The van der Waals surface area contributed by atoms with Crippen LogP contribution in [0, 0.1) is 11.8 Å². The molecule has 3 atom stereocenters. The van der Waals surface area contributed by atoms with Crippen LogP contribution in [0.4, 0.5) is 0 Å². The van der Waals surface area contributed by atoms with Crippen molar-refractivity contribution in [3.8, 4) is 0 Å². The molecule has 0 aromatic rings. The topological polar surface area (TPSA) is 29.3 Å². The molecule has 1 aliphatic carbocycles. The van der Waals surface area contributed by atoms with Gasteiger partial charge < -0.3 is 5.73 Å². The van der Waals surface area contributed by atoms with Gasteiger partial charge in [0, 0.05) is 18.1 Å². The first-order valence-electron chi connectivity index (χ1n) is 9.10. The smallest absolute Gasteiger partial charge is 0.0334 e. The number of hydrogen-bond donors (Lipinski definition) is 1. The van der Waals surface area contributed by atoms with E-state index in [0.29, 0.717) is 5.54 Å². The molecule has 1 saturated heterocycles. The second-order valence-electron chi connectivity index (χ2n) is 7.66. The van der Waals surface area contributed by atoms with Gasteiger partial charge >= 0.3 is 0 Å². The van der Waals surface area contributed by atoms with Crippen LogP contribution < -0.4 is 5.73 Å². The van der Waals surface area contributed by atoms with Gasteiger partial charge in [-0.1, -0.05) is 46.5 Å². The predicted octanol–water partition coefficient (Wildman–Crippen LogP) is 4.18. The minimum Gasteiger partial charge on any atom is -0.329 e. The van der Waals surface area contributed by atoms with Crippen molar-refractivity contribution >= 4 is 0 Å².